The number of halogens is 1. The molecule has 1 fully saturated rings. The van der Waals surface area contributed by atoms with E-state index in [1.807, 2.05) is 20.8 Å². The van der Waals surface area contributed by atoms with E-state index in [4.69, 9.17) is 4.74 Å². The summed E-state index contributed by atoms with van der Waals surface area (Å²) in [6, 6.07) is 5.30. The summed E-state index contributed by atoms with van der Waals surface area (Å²) in [6.07, 6.45) is 1.84. The molecule has 146 valence electrons. The number of rotatable bonds is 2. The van der Waals surface area contributed by atoms with Crippen LogP contribution >= 0.6 is 15.9 Å². The summed E-state index contributed by atoms with van der Waals surface area (Å²) in [4.78, 5) is 30.8. The van der Waals surface area contributed by atoms with Crippen molar-refractivity contribution in [3.63, 3.8) is 0 Å². The lowest BCUT2D eigenvalue weighted by molar-refractivity contribution is -0.0419. The third-order valence-electron chi connectivity index (χ3n) is 4.60. The van der Waals surface area contributed by atoms with Crippen LogP contribution in [-0.4, -0.2) is 49.9 Å². The standard InChI is InChI=1S/C19H24BrN3O4/c1-18(2,3)27-17(25)22-8-6-19(26,7-9-22)11-23-12-21-15-10-13(20)4-5-14(15)16(23)24/h4-5,10,12,26H,6-9,11H2,1-3H3. The summed E-state index contributed by atoms with van der Waals surface area (Å²) in [5.41, 5.74) is -1.19. The predicted octanol–water partition coefficient (Wildman–Crippen LogP) is 2.92. The van der Waals surface area contributed by atoms with Crippen molar-refractivity contribution in [3.8, 4) is 0 Å². The summed E-state index contributed by atoms with van der Waals surface area (Å²) in [6.45, 7) is 6.38. The summed E-state index contributed by atoms with van der Waals surface area (Å²) in [5, 5.41) is 11.4. The van der Waals surface area contributed by atoms with Gasteiger partial charge in [-0.25, -0.2) is 9.78 Å². The molecule has 0 atom stereocenters. The van der Waals surface area contributed by atoms with Gasteiger partial charge in [-0.05, 0) is 51.8 Å². The van der Waals surface area contributed by atoms with Crippen molar-refractivity contribution in [3.05, 3.63) is 39.4 Å². The molecule has 0 spiro atoms. The first-order valence-corrected chi connectivity index (χ1v) is 9.71. The van der Waals surface area contributed by atoms with E-state index >= 15 is 0 Å². The van der Waals surface area contributed by atoms with Crippen molar-refractivity contribution >= 4 is 32.9 Å². The van der Waals surface area contributed by atoms with Crippen molar-refractivity contribution in [1.82, 2.24) is 14.5 Å². The molecular weight excluding hydrogens is 414 g/mol. The highest BCUT2D eigenvalue weighted by atomic mass is 79.9. The smallest absolute Gasteiger partial charge is 0.410 e. The molecule has 1 aliphatic rings. The lowest BCUT2D eigenvalue weighted by atomic mass is 9.91. The molecule has 0 aliphatic carbocycles. The fourth-order valence-electron chi connectivity index (χ4n) is 3.15. The van der Waals surface area contributed by atoms with Crippen LogP contribution in [0.2, 0.25) is 0 Å². The molecular formula is C19H24BrN3O4. The second-order valence-corrected chi connectivity index (χ2v) is 8.95. The number of fused-ring (bicyclic) bond motifs is 1. The number of aliphatic hydroxyl groups is 1. The maximum atomic E-state index is 12.7. The highest BCUT2D eigenvalue weighted by Crippen LogP contribution is 2.25. The Morgan fingerprint density at radius 2 is 2.00 bits per heavy atom. The van der Waals surface area contributed by atoms with Crippen LogP contribution in [0, 0.1) is 0 Å². The highest BCUT2D eigenvalue weighted by molar-refractivity contribution is 9.10. The molecule has 1 saturated heterocycles. The quantitative estimate of drug-likeness (QED) is 0.780. The van der Waals surface area contributed by atoms with Gasteiger partial charge in [0.05, 0.1) is 29.4 Å². The van der Waals surface area contributed by atoms with Crippen LogP contribution in [-0.2, 0) is 11.3 Å². The van der Waals surface area contributed by atoms with E-state index in [0.29, 0.717) is 36.8 Å². The van der Waals surface area contributed by atoms with Crippen LogP contribution in [0.5, 0.6) is 0 Å². The number of nitrogens with zero attached hydrogens (tertiary/aromatic N) is 3. The molecule has 27 heavy (non-hydrogen) atoms. The number of piperidine rings is 1. The number of carbonyl (C=O) groups is 1. The second-order valence-electron chi connectivity index (χ2n) is 8.03. The van der Waals surface area contributed by atoms with E-state index in [1.165, 1.54) is 10.9 Å². The van der Waals surface area contributed by atoms with Crippen molar-refractivity contribution in [1.29, 1.82) is 0 Å². The van der Waals surface area contributed by atoms with Crippen molar-refractivity contribution in [2.75, 3.05) is 13.1 Å². The van der Waals surface area contributed by atoms with Gasteiger partial charge in [-0.1, -0.05) is 15.9 Å². The average Bonchev–Trinajstić information content (AvgIpc) is 2.56. The van der Waals surface area contributed by atoms with Crippen molar-refractivity contribution in [2.24, 2.45) is 0 Å². The summed E-state index contributed by atoms with van der Waals surface area (Å²) in [7, 11) is 0. The van der Waals surface area contributed by atoms with Gasteiger partial charge < -0.3 is 14.7 Å². The van der Waals surface area contributed by atoms with Gasteiger partial charge >= 0.3 is 6.09 Å². The third kappa shape index (κ3) is 4.68. The topological polar surface area (TPSA) is 84.7 Å². The van der Waals surface area contributed by atoms with E-state index in [2.05, 4.69) is 20.9 Å². The number of likely N-dealkylation sites (tertiary alicyclic amines) is 1. The number of carbonyl (C=O) groups excluding carboxylic acids is 1. The Hall–Kier alpha value is -1.93. The van der Waals surface area contributed by atoms with E-state index in [9.17, 15) is 14.7 Å². The van der Waals surface area contributed by atoms with Gasteiger partial charge in [-0.2, -0.15) is 0 Å². The fourth-order valence-corrected chi connectivity index (χ4v) is 3.50. The van der Waals surface area contributed by atoms with E-state index in [1.54, 1.807) is 23.1 Å². The molecule has 0 saturated carbocycles. The van der Waals surface area contributed by atoms with Crippen LogP contribution in [0.25, 0.3) is 10.9 Å². The lowest BCUT2D eigenvalue weighted by Gasteiger charge is -2.38. The Balaban J connectivity index is 1.71. The SMILES string of the molecule is CC(C)(C)OC(=O)N1CCC(O)(Cn2cnc3cc(Br)ccc3c2=O)CC1. The fraction of sp³-hybridized carbons (Fsp3) is 0.526. The number of hydrogen-bond acceptors (Lipinski definition) is 5. The highest BCUT2D eigenvalue weighted by Gasteiger charge is 2.36. The number of benzene rings is 1. The third-order valence-corrected chi connectivity index (χ3v) is 5.09. The molecule has 1 N–H and O–H groups in total. The molecule has 0 unspecified atom stereocenters. The zero-order chi connectivity index (χ0) is 19.8. The van der Waals surface area contributed by atoms with Crippen LogP contribution in [0.3, 0.4) is 0 Å². The number of ether oxygens (including phenoxy) is 1. The van der Waals surface area contributed by atoms with Gasteiger partial charge in [0.25, 0.3) is 5.56 Å². The minimum absolute atomic E-state index is 0.146. The van der Waals surface area contributed by atoms with E-state index in [0.717, 1.165) is 4.47 Å². The Kier molecular flexibility index (Phi) is 5.31. The second kappa shape index (κ2) is 7.24. The van der Waals surface area contributed by atoms with Crippen LogP contribution in [0.4, 0.5) is 4.79 Å². The van der Waals surface area contributed by atoms with Crippen molar-refractivity contribution in [2.45, 2.75) is 51.4 Å². The first-order valence-electron chi connectivity index (χ1n) is 8.91. The van der Waals surface area contributed by atoms with Crippen LogP contribution in [0.1, 0.15) is 33.6 Å². The normalized spacial score (nSPS) is 17.1. The predicted molar refractivity (Wildman–Crippen MR) is 106 cm³/mol. The summed E-state index contributed by atoms with van der Waals surface area (Å²) in [5.74, 6) is 0. The maximum Gasteiger partial charge on any atom is 0.410 e. The van der Waals surface area contributed by atoms with Gasteiger partial charge in [0, 0.05) is 17.6 Å². The Morgan fingerprint density at radius 3 is 2.63 bits per heavy atom. The molecule has 1 aromatic heterocycles. The average molecular weight is 438 g/mol. The number of aromatic nitrogens is 2. The number of hydrogen-bond donors (Lipinski definition) is 1. The zero-order valence-electron chi connectivity index (χ0n) is 15.7. The molecule has 2 aromatic rings. The molecule has 8 heteroatoms. The van der Waals surface area contributed by atoms with Crippen LogP contribution in [0.15, 0.2) is 33.8 Å². The van der Waals surface area contributed by atoms with Gasteiger partial charge in [0.2, 0.25) is 0 Å². The molecule has 0 bridgehead atoms. The Labute approximate surface area is 166 Å². The molecule has 1 amide bonds. The largest absolute Gasteiger partial charge is 0.444 e. The van der Waals surface area contributed by atoms with Crippen LogP contribution < -0.4 is 5.56 Å². The van der Waals surface area contributed by atoms with E-state index < -0.39 is 11.2 Å². The summed E-state index contributed by atoms with van der Waals surface area (Å²) < 4.78 is 7.68. The molecule has 1 aliphatic heterocycles. The van der Waals surface area contributed by atoms with Crippen molar-refractivity contribution < 1.29 is 14.6 Å². The number of amides is 1. The van der Waals surface area contributed by atoms with Gasteiger partial charge in [0.1, 0.15) is 5.60 Å². The zero-order valence-corrected chi connectivity index (χ0v) is 17.3. The Bertz CT molecular complexity index is 911. The molecule has 0 radical (unpaired) electrons. The molecule has 7 nitrogen and oxygen atoms in total. The first-order chi connectivity index (χ1) is 12.6. The molecule has 3 rings (SSSR count). The van der Waals surface area contributed by atoms with E-state index in [-0.39, 0.29) is 18.2 Å². The summed E-state index contributed by atoms with van der Waals surface area (Å²) >= 11 is 3.37. The van der Waals surface area contributed by atoms with Gasteiger partial charge in [-0.15, -0.1) is 0 Å². The molecule has 1 aromatic carbocycles. The maximum absolute atomic E-state index is 12.7. The lowest BCUT2D eigenvalue weighted by Crippen LogP contribution is -2.50. The first kappa shape index (κ1) is 19.8. The molecule has 2 heterocycles. The minimum Gasteiger partial charge on any atom is -0.444 e. The van der Waals surface area contributed by atoms with Gasteiger partial charge in [-0.3, -0.25) is 9.36 Å². The Morgan fingerprint density at radius 1 is 1.33 bits per heavy atom. The monoisotopic (exact) mass is 437 g/mol. The van der Waals surface area contributed by atoms with Gasteiger partial charge in [0.15, 0.2) is 0 Å². The minimum atomic E-state index is -1.06.